The zero-order valence-electron chi connectivity index (χ0n) is 14.1. The number of ether oxygens (including phenoxy) is 1. The van der Waals surface area contributed by atoms with Crippen LogP contribution in [0.2, 0.25) is 0 Å². The lowest BCUT2D eigenvalue weighted by atomic mass is 9.99. The van der Waals surface area contributed by atoms with Gasteiger partial charge in [0.15, 0.2) is 0 Å². The van der Waals surface area contributed by atoms with Crippen LogP contribution in [-0.2, 0) is 31.5 Å². The highest BCUT2D eigenvalue weighted by Crippen LogP contribution is 2.28. The van der Waals surface area contributed by atoms with Gasteiger partial charge in [0.25, 0.3) is 0 Å². The third kappa shape index (κ3) is 3.76. The molecule has 0 radical (unpaired) electrons. The summed E-state index contributed by atoms with van der Waals surface area (Å²) in [6, 6.07) is 5.87. The molecule has 8 heteroatoms. The first-order valence-electron chi connectivity index (χ1n) is 8.26. The molecule has 0 aromatic carbocycles. The maximum atomic E-state index is 5.95. The lowest BCUT2D eigenvalue weighted by molar-refractivity contribution is 0.0812. The van der Waals surface area contributed by atoms with Crippen LogP contribution in [0, 0.1) is 0 Å². The molecule has 3 aromatic heterocycles. The van der Waals surface area contributed by atoms with Crippen molar-refractivity contribution >= 4 is 11.3 Å². The van der Waals surface area contributed by atoms with Gasteiger partial charge in [-0.1, -0.05) is 11.3 Å². The number of rotatable bonds is 6. The molecule has 0 N–H and O–H groups in total. The zero-order chi connectivity index (χ0) is 17.1. The Morgan fingerprint density at radius 2 is 2.24 bits per heavy atom. The summed E-state index contributed by atoms with van der Waals surface area (Å²) in [7, 11) is 1.95. The van der Waals surface area contributed by atoms with Crippen LogP contribution in [0.15, 0.2) is 36.0 Å². The lowest BCUT2D eigenvalue weighted by Crippen LogP contribution is -2.36. The van der Waals surface area contributed by atoms with E-state index in [0.29, 0.717) is 13.2 Å². The lowest BCUT2D eigenvalue weighted by Gasteiger charge is -2.31. The quantitative estimate of drug-likeness (QED) is 0.673. The minimum Gasteiger partial charge on any atom is -0.374 e. The molecule has 4 rings (SSSR count). The number of aryl methyl sites for hydroxylation is 1. The van der Waals surface area contributed by atoms with Gasteiger partial charge in [-0.15, -0.1) is 16.4 Å². The van der Waals surface area contributed by atoms with Crippen LogP contribution in [0.4, 0.5) is 0 Å². The molecule has 1 atom stereocenters. The molecule has 0 saturated carbocycles. The summed E-state index contributed by atoms with van der Waals surface area (Å²) in [6.07, 6.45) is 3.64. The molecule has 0 aliphatic carbocycles. The Morgan fingerprint density at radius 3 is 3.04 bits per heavy atom. The van der Waals surface area contributed by atoms with Gasteiger partial charge in [0.1, 0.15) is 10.7 Å². The van der Waals surface area contributed by atoms with E-state index in [2.05, 4.69) is 25.2 Å². The predicted octanol–water partition coefficient (Wildman–Crippen LogP) is 1.98. The van der Waals surface area contributed by atoms with Crippen molar-refractivity contribution in [2.24, 2.45) is 7.05 Å². The van der Waals surface area contributed by atoms with Crippen LogP contribution in [-0.4, -0.2) is 43.0 Å². The van der Waals surface area contributed by atoms with Crippen LogP contribution >= 0.6 is 11.3 Å². The first kappa shape index (κ1) is 16.3. The zero-order valence-corrected chi connectivity index (χ0v) is 14.9. The Bertz CT molecular complexity index is 804. The van der Waals surface area contributed by atoms with E-state index in [0.717, 1.165) is 36.0 Å². The number of nitrogens with zero attached hydrogens (tertiary/aromatic N) is 6. The molecule has 0 saturated heterocycles. The van der Waals surface area contributed by atoms with Gasteiger partial charge < -0.3 is 4.74 Å². The second-order valence-corrected chi connectivity index (χ2v) is 7.15. The third-order valence-electron chi connectivity index (χ3n) is 4.32. The van der Waals surface area contributed by atoms with E-state index in [1.807, 2.05) is 41.5 Å². The van der Waals surface area contributed by atoms with Crippen molar-refractivity contribution in [1.82, 2.24) is 29.9 Å². The van der Waals surface area contributed by atoms with E-state index >= 15 is 0 Å². The van der Waals surface area contributed by atoms with Gasteiger partial charge >= 0.3 is 0 Å². The topological polar surface area (TPSA) is 69.0 Å². The number of hydrogen-bond acceptors (Lipinski definition) is 7. The molecule has 1 aliphatic heterocycles. The fraction of sp³-hybridized carbons (Fsp3) is 0.412. The summed E-state index contributed by atoms with van der Waals surface area (Å²) in [5.41, 5.74) is 3.16. The molecule has 7 nitrogen and oxygen atoms in total. The summed E-state index contributed by atoms with van der Waals surface area (Å²) < 4.78 is 7.83. The highest BCUT2D eigenvalue weighted by atomic mass is 32.1. The van der Waals surface area contributed by atoms with Crippen LogP contribution in [0.25, 0.3) is 0 Å². The number of pyridine rings is 1. The van der Waals surface area contributed by atoms with E-state index in [1.165, 1.54) is 5.69 Å². The second kappa shape index (κ2) is 7.38. The molecule has 1 aliphatic rings. The molecule has 1 unspecified atom stereocenters. The largest absolute Gasteiger partial charge is 0.374 e. The molecule has 0 bridgehead atoms. The summed E-state index contributed by atoms with van der Waals surface area (Å²) >= 11 is 1.69. The number of fused-ring (bicyclic) bond motifs is 1. The van der Waals surface area contributed by atoms with Crippen LogP contribution < -0.4 is 0 Å². The van der Waals surface area contributed by atoms with E-state index < -0.39 is 0 Å². The van der Waals surface area contributed by atoms with E-state index in [9.17, 15) is 0 Å². The Kier molecular flexibility index (Phi) is 4.82. The summed E-state index contributed by atoms with van der Waals surface area (Å²) in [5, 5.41) is 11.7. The van der Waals surface area contributed by atoms with E-state index in [-0.39, 0.29) is 5.92 Å². The molecule has 0 spiro atoms. The van der Waals surface area contributed by atoms with Crippen molar-refractivity contribution in [2.45, 2.75) is 25.6 Å². The molecule has 25 heavy (non-hydrogen) atoms. The molecular weight excluding hydrogens is 336 g/mol. The molecule has 4 heterocycles. The first-order chi connectivity index (χ1) is 12.3. The van der Waals surface area contributed by atoms with Crippen molar-refractivity contribution < 1.29 is 4.74 Å². The van der Waals surface area contributed by atoms with Gasteiger partial charge in [-0.2, -0.15) is 0 Å². The standard InChI is InChI=1S/C17H20N6OS/c1-22-17-13(11-24-12-14-4-2-3-5-18-14)8-23(9-15(17)20-21-22)10-16-19-6-7-25-16/h2-7,13H,8-12H2,1H3. The maximum Gasteiger partial charge on any atom is 0.107 e. The van der Waals surface area contributed by atoms with E-state index in [4.69, 9.17) is 4.74 Å². The van der Waals surface area contributed by atoms with Gasteiger partial charge in [-0.25, -0.2) is 4.98 Å². The van der Waals surface area contributed by atoms with Crippen LogP contribution in [0.1, 0.15) is 28.0 Å². The number of aromatic nitrogens is 5. The molecule has 0 amide bonds. The minimum absolute atomic E-state index is 0.243. The first-order valence-corrected chi connectivity index (χ1v) is 9.14. The molecule has 0 fully saturated rings. The van der Waals surface area contributed by atoms with Crippen molar-refractivity contribution in [2.75, 3.05) is 13.2 Å². The monoisotopic (exact) mass is 356 g/mol. The van der Waals surface area contributed by atoms with Crippen molar-refractivity contribution in [3.63, 3.8) is 0 Å². The molecule has 3 aromatic rings. The average Bonchev–Trinajstić information content (AvgIpc) is 3.26. The van der Waals surface area contributed by atoms with Gasteiger partial charge in [-0.3, -0.25) is 14.6 Å². The Hall–Kier alpha value is -2.16. The van der Waals surface area contributed by atoms with Crippen molar-refractivity contribution in [1.29, 1.82) is 0 Å². The van der Waals surface area contributed by atoms with Crippen molar-refractivity contribution in [3.8, 4) is 0 Å². The van der Waals surface area contributed by atoms with Crippen LogP contribution in [0.5, 0.6) is 0 Å². The van der Waals surface area contributed by atoms with Gasteiger partial charge in [0, 0.05) is 43.8 Å². The fourth-order valence-electron chi connectivity index (χ4n) is 3.26. The maximum absolute atomic E-state index is 5.95. The summed E-state index contributed by atoms with van der Waals surface area (Å²) in [5.74, 6) is 0.243. The minimum atomic E-state index is 0.243. The average molecular weight is 356 g/mol. The Labute approximate surface area is 150 Å². The van der Waals surface area contributed by atoms with Gasteiger partial charge in [0.2, 0.25) is 0 Å². The summed E-state index contributed by atoms with van der Waals surface area (Å²) in [6.45, 7) is 3.70. The molecular formula is C17H20N6OS. The van der Waals surface area contributed by atoms with Crippen LogP contribution in [0.3, 0.4) is 0 Å². The second-order valence-electron chi connectivity index (χ2n) is 6.17. The molecule has 130 valence electrons. The van der Waals surface area contributed by atoms with Gasteiger partial charge in [0.05, 0.1) is 31.1 Å². The smallest absolute Gasteiger partial charge is 0.107 e. The fourth-order valence-corrected chi connectivity index (χ4v) is 3.92. The van der Waals surface area contributed by atoms with E-state index in [1.54, 1.807) is 17.5 Å². The summed E-state index contributed by atoms with van der Waals surface area (Å²) in [4.78, 5) is 11.1. The normalized spacial score (nSPS) is 17.6. The van der Waals surface area contributed by atoms with Gasteiger partial charge in [-0.05, 0) is 12.1 Å². The Morgan fingerprint density at radius 1 is 1.28 bits per heavy atom. The Balaban J connectivity index is 1.44. The number of thiazole rings is 1. The highest BCUT2D eigenvalue weighted by molar-refractivity contribution is 7.09. The third-order valence-corrected chi connectivity index (χ3v) is 5.08. The SMILES string of the molecule is Cn1nnc2c1C(COCc1ccccn1)CN(Cc1nccs1)C2. The highest BCUT2D eigenvalue weighted by Gasteiger charge is 2.30. The van der Waals surface area contributed by atoms with Crippen molar-refractivity contribution in [3.05, 3.63) is 58.1 Å². The predicted molar refractivity (Wildman–Crippen MR) is 93.9 cm³/mol. The number of hydrogen-bond donors (Lipinski definition) is 0.